The molecule has 0 aromatic heterocycles. The molecule has 0 spiro atoms. The van der Waals surface area contributed by atoms with Crippen LogP contribution in [-0.2, 0) is 16.0 Å². The molecule has 0 bridgehead atoms. The molecule has 1 aromatic rings. The van der Waals surface area contributed by atoms with Crippen LogP contribution in [-0.4, -0.2) is 17.4 Å². The van der Waals surface area contributed by atoms with E-state index in [2.05, 4.69) is 0 Å². The lowest BCUT2D eigenvalue weighted by molar-refractivity contribution is -0.143. The van der Waals surface area contributed by atoms with Gasteiger partial charge in [-0.2, -0.15) is 0 Å². The largest absolute Gasteiger partial charge is 0.481 e. The Hall–Kier alpha value is -1.64. The highest BCUT2D eigenvalue weighted by Crippen LogP contribution is 2.13. The molecule has 0 radical (unpaired) electrons. The van der Waals surface area contributed by atoms with Crippen LogP contribution in [0.25, 0.3) is 0 Å². The van der Waals surface area contributed by atoms with Crippen molar-refractivity contribution in [2.24, 2.45) is 5.92 Å². The summed E-state index contributed by atoms with van der Waals surface area (Å²) in [4.78, 5) is 21.1. The highest BCUT2D eigenvalue weighted by Gasteiger charge is 2.15. The van der Waals surface area contributed by atoms with Crippen LogP contribution in [0.2, 0.25) is 0 Å². The number of hydrogen-bond donors (Lipinski definition) is 1. The summed E-state index contributed by atoms with van der Waals surface area (Å²) in [7, 11) is 0. The average molecular weight is 220 g/mol. The molecule has 0 aliphatic rings. The molecule has 0 heterocycles. The molecule has 0 aliphatic carbocycles. The predicted octanol–water partition coefficient (Wildman–Crippen LogP) is 2.30. The van der Waals surface area contributed by atoms with Crippen LogP contribution >= 0.6 is 0 Å². The molecule has 3 heteroatoms. The molecule has 1 aromatic carbocycles. The first-order chi connectivity index (χ1) is 7.74. The van der Waals surface area contributed by atoms with E-state index in [9.17, 15) is 9.59 Å². The summed E-state index contributed by atoms with van der Waals surface area (Å²) in [6.45, 7) is 0. The Kier molecular flexibility index (Phi) is 5.26. The fourth-order valence-electron chi connectivity index (χ4n) is 1.66. The molecule has 0 saturated carbocycles. The van der Waals surface area contributed by atoms with E-state index in [4.69, 9.17) is 5.11 Å². The normalized spacial score (nSPS) is 12.0. The molecule has 1 unspecified atom stereocenters. The van der Waals surface area contributed by atoms with Crippen LogP contribution in [0.1, 0.15) is 24.8 Å². The average Bonchev–Trinajstić information content (AvgIpc) is 2.29. The maximum atomic E-state index is 10.8. The fraction of sp³-hybridized carbons (Fsp3) is 0.385. The third-order valence-corrected chi connectivity index (χ3v) is 2.59. The van der Waals surface area contributed by atoms with E-state index in [0.717, 1.165) is 12.8 Å². The van der Waals surface area contributed by atoms with Crippen molar-refractivity contribution in [3.05, 3.63) is 35.9 Å². The molecule has 1 rings (SSSR count). The van der Waals surface area contributed by atoms with Crippen LogP contribution in [0.4, 0.5) is 0 Å². The number of aldehydes is 1. The topological polar surface area (TPSA) is 54.4 Å². The first-order valence-electron chi connectivity index (χ1n) is 5.44. The second kappa shape index (κ2) is 6.77. The van der Waals surface area contributed by atoms with Gasteiger partial charge in [0.1, 0.15) is 6.29 Å². The standard InChI is InChI=1S/C13H16O3/c14-10-9-12(13(15)16)8-4-7-11-5-2-1-3-6-11/h1-3,5-6,10,12H,4,7-9H2,(H,15,16). The Balaban J connectivity index is 2.33. The van der Waals surface area contributed by atoms with E-state index in [1.807, 2.05) is 30.3 Å². The van der Waals surface area contributed by atoms with Crippen molar-refractivity contribution in [3.8, 4) is 0 Å². The Bertz CT molecular complexity index is 332. The van der Waals surface area contributed by atoms with Gasteiger partial charge in [-0.25, -0.2) is 0 Å². The van der Waals surface area contributed by atoms with Crippen molar-refractivity contribution in [1.82, 2.24) is 0 Å². The second-order valence-corrected chi connectivity index (χ2v) is 3.82. The quantitative estimate of drug-likeness (QED) is 0.717. The van der Waals surface area contributed by atoms with E-state index in [-0.39, 0.29) is 6.42 Å². The molecule has 0 aliphatic heterocycles. The lowest BCUT2D eigenvalue weighted by atomic mass is 9.97. The van der Waals surface area contributed by atoms with Crippen LogP contribution in [0.5, 0.6) is 0 Å². The van der Waals surface area contributed by atoms with Crippen molar-refractivity contribution in [1.29, 1.82) is 0 Å². The van der Waals surface area contributed by atoms with E-state index in [0.29, 0.717) is 12.7 Å². The van der Waals surface area contributed by atoms with E-state index < -0.39 is 11.9 Å². The summed E-state index contributed by atoms with van der Waals surface area (Å²) in [5.41, 5.74) is 1.21. The van der Waals surface area contributed by atoms with Crippen LogP contribution in [0.15, 0.2) is 30.3 Å². The maximum Gasteiger partial charge on any atom is 0.306 e. The number of carboxylic acid groups (broad SMARTS) is 1. The van der Waals surface area contributed by atoms with Gasteiger partial charge in [0.2, 0.25) is 0 Å². The third kappa shape index (κ3) is 4.26. The van der Waals surface area contributed by atoms with Gasteiger partial charge in [-0.1, -0.05) is 30.3 Å². The monoisotopic (exact) mass is 220 g/mol. The highest BCUT2D eigenvalue weighted by molar-refractivity contribution is 5.73. The lowest BCUT2D eigenvalue weighted by Crippen LogP contribution is -2.14. The minimum atomic E-state index is -0.875. The first-order valence-corrected chi connectivity index (χ1v) is 5.44. The molecular formula is C13H16O3. The van der Waals surface area contributed by atoms with Crippen LogP contribution < -0.4 is 0 Å². The Labute approximate surface area is 95.1 Å². The fourth-order valence-corrected chi connectivity index (χ4v) is 1.66. The third-order valence-electron chi connectivity index (χ3n) is 2.59. The van der Waals surface area contributed by atoms with Gasteiger partial charge in [-0.15, -0.1) is 0 Å². The van der Waals surface area contributed by atoms with Gasteiger partial charge in [0.25, 0.3) is 0 Å². The second-order valence-electron chi connectivity index (χ2n) is 3.82. The van der Waals surface area contributed by atoms with Gasteiger partial charge in [0.05, 0.1) is 5.92 Å². The molecule has 0 amide bonds. The molecule has 86 valence electrons. The SMILES string of the molecule is O=CCC(CCCc1ccccc1)C(=O)O. The van der Waals surface area contributed by atoms with E-state index in [1.165, 1.54) is 5.56 Å². The molecule has 1 atom stereocenters. The van der Waals surface area contributed by atoms with E-state index in [1.54, 1.807) is 0 Å². The van der Waals surface area contributed by atoms with Crippen LogP contribution in [0.3, 0.4) is 0 Å². The van der Waals surface area contributed by atoms with Gasteiger partial charge in [-0.05, 0) is 24.8 Å². The summed E-state index contributed by atoms with van der Waals surface area (Å²) in [5, 5.41) is 8.84. The molecule has 16 heavy (non-hydrogen) atoms. The minimum Gasteiger partial charge on any atom is -0.481 e. The highest BCUT2D eigenvalue weighted by atomic mass is 16.4. The summed E-state index contributed by atoms with van der Waals surface area (Å²) < 4.78 is 0. The number of carbonyl (C=O) groups is 2. The molecule has 3 nitrogen and oxygen atoms in total. The Morgan fingerprint density at radius 2 is 2.00 bits per heavy atom. The summed E-state index contributed by atoms with van der Waals surface area (Å²) >= 11 is 0. The molecule has 1 N–H and O–H groups in total. The number of aliphatic carboxylic acids is 1. The number of aryl methyl sites for hydroxylation is 1. The summed E-state index contributed by atoms with van der Waals surface area (Å²) in [6, 6.07) is 9.94. The molecular weight excluding hydrogens is 204 g/mol. The van der Waals surface area contributed by atoms with Gasteiger partial charge >= 0.3 is 5.97 Å². The predicted molar refractivity (Wildman–Crippen MR) is 61.2 cm³/mol. The van der Waals surface area contributed by atoms with Gasteiger partial charge < -0.3 is 9.90 Å². The van der Waals surface area contributed by atoms with Crippen molar-refractivity contribution >= 4 is 12.3 Å². The summed E-state index contributed by atoms with van der Waals surface area (Å²) in [6.07, 6.45) is 3.02. The number of rotatable bonds is 7. The molecule has 0 saturated heterocycles. The maximum absolute atomic E-state index is 10.8. The smallest absolute Gasteiger partial charge is 0.306 e. The Morgan fingerprint density at radius 1 is 1.31 bits per heavy atom. The van der Waals surface area contributed by atoms with Crippen molar-refractivity contribution in [3.63, 3.8) is 0 Å². The van der Waals surface area contributed by atoms with Gasteiger partial charge in [0, 0.05) is 6.42 Å². The zero-order valence-corrected chi connectivity index (χ0v) is 9.13. The number of carboxylic acids is 1. The van der Waals surface area contributed by atoms with E-state index >= 15 is 0 Å². The zero-order valence-electron chi connectivity index (χ0n) is 9.13. The van der Waals surface area contributed by atoms with Crippen molar-refractivity contribution < 1.29 is 14.7 Å². The molecule has 0 fully saturated rings. The minimum absolute atomic E-state index is 0.115. The first kappa shape index (κ1) is 12.4. The van der Waals surface area contributed by atoms with Crippen molar-refractivity contribution in [2.45, 2.75) is 25.7 Å². The summed E-state index contributed by atoms with van der Waals surface area (Å²) in [5.74, 6) is -1.40. The lowest BCUT2D eigenvalue weighted by Gasteiger charge is -2.08. The number of hydrogen-bond acceptors (Lipinski definition) is 2. The number of carbonyl (C=O) groups excluding carboxylic acids is 1. The zero-order chi connectivity index (χ0) is 11.8. The van der Waals surface area contributed by atoms with Gasteiger partial charge in [0.15, 0.2) is 0 Å². The Morgan fingerprint density at radius 3 is 2.56 bits per heavy atom. The van der Waals surface area contributed by atoms with Gasteiger partial charge in [-0.3, -0.25) is 4.79 Å². The van der Waals surface area contributed by atoms with Crippen LogP contribution in [0, 0.1) is 5.92 Å². The number of benzene rings is 1. The van der Waals surface area contributed by atoms with Crippen molar-refractivity contribution in [2.75, 3.05) is 0 Å².